The van der Waals surface area contributed by atoms with E-state index in [1.54, 1.807) is 18.3 Å². The lowest BCUT2D eigenvalue weighted by Gasteiger charge is -2.20. The molecule has 0 saturated carbocycles. The van der Waals surface area contributed by atoms with E-state index in [9.17, 15) is 8.42 Å². The molecular formula is C20H19BrN4O2S. The van der Waals surface area contributed by atoms with Crippen LogP contribution in [0.1, 0.15) is 24.1 Å². The van der Waals surface area contributed by atoms with Crippen molar-refractivity contribution in [3.05, 3.63) is 64.4 Å². The van der Waals surface area contributed by atoms with Gasteiger partial charge >= 0.3 is 0 Å². The predicted molar refractivity (Wildman–Crippen MR) is 115 cm³/mol. The monoisotopic (exact) mass is 458 g/mol. The molecule has 0 aliphatic carbocycles. The number of hydrogen-bond donors (Lipinski definition) is 1. The molecule has 4 aromatic rings. The van der Waals surface area contributed by atoms with Crippen molar-refractivity contribution in [3.63, 3.8) is 0 Å². The number of rotatable bonds is 4. The lowest BCUT2D eigenvalue weighted by Crippen LogP contribution is -2.12. The van der Waals surface area contributed by atoms with Crippen molar-refractivity contribution in [2.24, 2.45) is 0 Å². The van der Waals surface area contributed by atoms with Crippen LogP contribution in [-0.4, -0.2) is 29.0 Å². The molecule has 0 radical (unpaired) electrons. The van der Waals surface area contributed by atoms with E-state index in [0.717, 1.165) is 26.5 Å². The zero-order valence-corrected chi connectivity index (χ0v) is 18.0. The molecule has 0 saturated heterocycles. The van der Waals surface area contributed by atoms with Gasteiger partial charge in [-0.05, 0) is 49.2 Å². The quantitative estimate of drug-likeness (QED) is 0.485. The number of halogens is 1. The fourth-order valence-corrected chi connectivity index (χ4v) is 4.89. The first-order valence-corrected chi connectivity index (χ1v) is 11.4. The van der Waals surface area contributed by atoms with Gasteiger partial charge in [-0.3, -0.25) is 4.40 Å². The second-order valence-corrected chi connectivity index (χ2v) is 9.73. The van der Waals surface area contributed by atoms with Gasteiger partial charge < -0.3 is 5.32 Å². The molecule has 1 N–H and O–H groups in total. The van der Waals surface area contributed by atoms with E-state index in [1.165, 1.54) is 6.26 Å². The molecule has 0 fully saturated rings. The molecule has 0 unspecified atom stereocenters. The van der Waals surface area contributed by atoms with Crippen LogP contribution in [0.25, 0.3) is 16.7 Å². The number of sulfone groups is 1. The van der Waals surface area contributed by atoms with Gasteiger partial charge in [0.05, 0.1) is 16.5 Å². The molecule has 4 rings (SSSR count). The molecule has 8 heteroatoms. The van der Waals surface area contributed by atoms with Crippen LogP contribution in [0.5, 0.6) is 0 Å². The number of aromatic nitrogens is 3. The van der Waals surface area contributed by atoms with Crippen LogP contribution in [0.4, 0.5) is 5.82 Å². The second-order valence-electron chi connectivity index (χ2n) is 6.83. The first kappa shape index (κ1) is 18.9. The maximum atomic E-state index is 12.1. The Labute approximate surface area is 171 Å². The van der Waals surface area contributed by atoms with Crippen LogP contribution in [0.3, 0.4) is 0 Å². The van der Waals surface area contributed by atoms with Gasteiger partial charge in [-0.15, -0.1) is 0 Å². The Morgan fingerprint density at radius 3 is 2.75 bits per heavy atom. The molecule has 2 heterocycles. The highest BCUT2D eigenvalue weighted by atomic mass is 79.9. The maximum absolute atomic E-state index is 12.1. The van der Waals surface area contributed by atoms with Gasteiger partial charge in [0.15, 0.2) is 9.84 Å². The van der Waals surface area contributed by atoms with Crippen LogP contribution in [0.15, 0.2) is 58.2 Å². The highest BCUT2D eigenvalue weighted by Gasteiger charge is 2.18. The maximum Gasteiger partial charge on any atom is 0.236 e. The molecule has 2 aromatic heterocycles. The summed E-state index contributed by atoms with van der Waals surface area (Å²) in [6.45, 7) is 3.83. The van der Waals surface area contributed by atoms with Crippen LogP contribution < -0.4 is 5.32 Å². The number of nitrogens with one attached hydrogen (secondary N) is 1. The van der Waals surface area contributed by atoms with Gasteiger partial charge in [-0.25, -0.2) is 13.4 Å². The molecule has 0 aliphatic rings. The van der Waals surface area contributed by atoms with Gasteiger partial charge in [-0.2, -0.15) is 4.98 Å². The molecule has 2 aromatic carbocycles. The SMILES string of the molecule is Cc1c([C@@H](C)Nc2nc3nccn3c3ccc(Br)cc23)cccc1S(C)(=O)=O. The summed E-state index contributed by atoms with van der Waals surface area (Å²) in [5.74, 6) is 1.30. The van der Waals surface area contributed by atoms with Crippen molar-refractivity contribution in [2.45, 2.75) is 24.8 Å². The van der Waals surface area contributed by atoms with Gasteiger partial charge in [0.1, 0.15) is 5.82 Å². The molecule has 6 nitrogen and oxygen atoms in total. The molecule has 1 atom stereocenters. The zero-order valence-electron chi connectivity index (χ0n) is 15.6. The minimum absolute atomic E-state index is 0.145. The fraction of sp³-hybridized carbons (Fsp3) is 0.200. The lowest BCUT2D eigenvalue weighted by molar-refractivity contribution is 0.601. The highest BCUT2D eigenvalue weighted by Crippen LogP contribution is 2.31. The van der Waals surface area contributed by atoms with Crippen LogP contribution in [-0.2, 0) is 9.84 Å². The minimum atomic E-state index is -3.29. The van der Waals surface area contributed by atoms with Crippen molar-refractivity contribution in [1.82, 2.24) is 14.4 Å². The van der Waals surface area contributed by atoms with Crippen LogP contribution >= 0.6 is 15.9 Å². The molecular weight excluding hydrogens is 440 g/mol. The van der Waals surface area contributed by atoms with Crippen molar-refractivity contribution in [3.8, 4) is 0 Å². The van der Waals surface area contributed by atoms with Gasteiger partial charge in [-0.1, -0.05) is 28.1 Å². The van der Waals surface area contributed by atoms with E-state index < -0.39 is 9.84 Å². The Morgan fingerprint density at radius 2 is 2.00 bits per heavy atom. The summed E-state index contributed by atoms with van der Waals surface area (Å²) < 4.78 is 27.0. The predicted octanol–water partition coefficient (Wildman–Crippen LogP) is 4.53. The summed E-state index contributed by atoms with van der Waals surface area (Å²) in [5, 5.41) is 4.40. The highest BCUT2D eigenvalue weighted by molar-refractivity contribution is 9.10. The molecule has 0 spiro atoms. The van der Waals surface area contributed by atoms with E-state index in [0.29, 0.717) is 16.5 Å². The molecule has 28 heavy (non-hydrogen) atoms. The lowest BCUT2D eigenvalue weighted by atomic mass is 10.0. The van der Waals surface area contributed by atoms with E-state index in [-0.39, 0.29) is 6.04 Å². The Kier molecular flexibility index (Phi) is 4.63. The molecule has 0 bridgehead atoms. The number of nitrogens with zero attached hydrogens (tertiary/aromatic N) is 3. The van der Waals surface area contributed by atoms with Crippen molar-refractivity contribution >= 4 is 48.3 Å². The summed E-state index contributed by atoms with van der Waals surface area (Å²) in [7, 11) is -3.29. The molecule has 0 aliphatic heterocycles. The Hall–Kier alpha value is -2.45. The third-order valence-corrected chi connectivity index (χ3v) is 6.59. The molecule has 144 valence electrons. The third kappa shape index (κ3) is 3.27. The van der Waals surface area contributed by atoms with Crippen molar-refractivity contribution in [2.75, 3.05) is 11.6 Å². The number of fused-ring (bicyclic) bond motifs is 3. The summed E-state index contributed by atoms with van der Waals surface area (Å²) in [6, 6.07) is 11.2. The largest absolute Gasteiger partial charge is 0.363 e. The van der Waals surface area contributed by atoms with Gasteiger partial charge in [0.2, 0.25) is 5.78 Å². The van der Waals surface area contributed by atoms with E-state index in [1.807, 2.05) is 48.7 Å². The van der Waals surface area contributed by atoms with E-state index in [4.69, 9.17) is 0 Å². The Morgan fingerprint density at radius 1 is 1.21 bits per heavy atom. The van der Waals surface area contributed by atoms with E-state index in [2.05, 4.69) is 31.2 Å². The second kappa shape index (κ2) is 6.86. The third-order valence-electron chi connectivity index (χ3n) is 4.85. The van der Waals surface area contributed by atoms with E-state index >= 15 is 0 Å². The summed E-state index contributed by atoms with van der Waals surface area (Å²) in [5.41, 5.74) is 2.65. The average Bonchev–Trinajstić information content (AvgIpc) is 3.09. The molecule has 0 amide bonds. The number of imidazole rings is 1. The number of benzene rings is 2. The Balaban J connectivity index is 1.83. The zero-order chi connectivity index (χ0) is 20.1. The number of anilines is 1. The summed E-state index contributed by atoms with van der Waals surface area (Å²) in [4.78, 5) is 9.34. The number of hydrogen-bond acceptors (Lipinski definition) is 5. The fourth-order valence-electron chi connectivity index (χ4n) is 3.53. The van der Waals surface area contributed by atoms with Crippen LogP contribution in [0.2, 0.25) is 0 Å². The summed E-state index contributed by atoms with van der Waals surface area (Å²) >= 11 is 3.53. The van der Waals surface area contributed by atoms with Gasteiger partial charge in [0.25, 0.3) is 0 Å². The first-order chi connectivity index (χ1) is 13.3. The summed E-state index contributed by atoms with van der Waals surface area (Å²) in [6.07, 6.45) is 4.83. The standard InChI is InChI=1S/C20H19BrN4O2S/c1-12-15(5-4-6-18(12)28(3,26)27)13(2)23-19-16-11-14(21)7-8-17(16)25-10-9-22-20(25)24-19/h4-11,13H,1-3H3,(H,22,23,24)/t13-/m1/s1. The normalized spacial score (nSPS) is 13.1. The first-order valence-electron chi connectivity index (χ1n) is 8.74. The average molecular weight is 459 g/mol. The smallest absolute Gasteiger partial charge is 0.236 e. The van der Waals surface area contributed by atoms with Gasteiger partial charge in [0, 0.05) is 28.5 Å². The van der Waals surface area contributed by atoms with Crippen molar-refractivity contribution in [1.29, 1.82) is 0 Å². The van der Waals surface area contributed by atoms with Crippen LogP contribution in [0, 0.1) is 6.92 Å². The minimum Gasteiger partial charge on any atom is -0.363 e. The topological polar surface area (TPSA) is 76.4 Å². The Bertz CT molecular complexity index is 1310. The van der Waals surface area contributed by atoms with Crippen molar-refractivity contribution < 1.29 is 8.42 Å².